The highest BCUT2D eigenvalue weighted by molar-refractivity contribution is 6.34. The molecule has 1 N–H and O–H groups in total. The van der Waals surface area contributed by atoms with Crippen molar-refractivity contribution >= 4 is 40.7 Å². The van der Waals surface area contributed by atoms with E-state index in [9.17, 15) is 4.79 Å². The molecule has 38 heavy (non-hydrogen) atoms. The van der Waals surface area contributed by atoms with Crippen LogP contribution in [-0.4, -0.2) is 61.6 Å². The zero-order valence-electron chi connectivity index (χ0n) is 22.1. The first-order valence-corrected chi connectivity index (χ1v) is 13.7. The van der Waals surface area contributed by atoms with Gasteiger partial charge in [0.05, 0.1) is 22.8 Å². The Bertz CT molecular complexity index is 1450. The van der Waals surface area contributed by atoms with Gasteiger partial charge in [-0.2, -0.15) is 15.3 Å². The molecule has 0 radical (unpaired) electrons. The van der Waals surface area contributed by atoms with E-state index in [0.717, 1.165) is 82.4 Å². The van der Waals surface area contributed by atoms with E-state index < -0.39 is 0 Å². The number of fused-ring (bicyclic) bond motifs is 1. The van der Waals surface area contributed by atoms with E-state index in [1.54, 1.807) is 0 Å². The second kappa shape index (κ2) is 9.42. The van der Waals surface area contributed by atoms with Gasteiger partial charge in [0.25, 0.3) is 0 Å². The zero-order valence-corrected chi connectivity index (χ0v) is 22.8. The van der Waals surface area contributed by atoms with Crippen LogP contribution in [0.15, 0.2) is 48.0 Å². The Balaban J connectivity index is 1.37. The number of aromatic nitrogens is 4. The molecule has 6 rings (SSSR count). The number of hydrogen-bond acceptors (Lipinski definition) is 5. The summed E-state index contributed by atoms with van der Waals surface area (Å²) in [5, 5.41) is 20.4. The molecule has 1 aromatic carbocycles. The third-order valence-electron chi connectivity index (χ3n) is 8.61. The van der Waals surface area contributed by atoms with Crippen LogP contribution in [0.25, 0.3) is 16.5 Å². The third-order valence-corrected chi connectivity index (χ3v) is 9.10. The van der Waals surface area contributed by atoms with Gasteiger partial charge in [-0.25, -0.2) is 0 Å². The molecule has 3 heterocycles. The van der Waals surface area contributed by atoms with Crippen LogP contribution in [0, 0.1) is 18.3 Å². The van der Waals surface area contributed by atoms with Gasteiger partial charge in [0.2, 0.25) is 5.91 Å². The Labute approximate surface area is 228 Å². The number of aromatic amines is 1. The standard InChI is InChI=1S/C29H34ClN7O/c1-5-26(38)35-16-29(17-35)12-22(13-29)37(31-4)19(3)23(11-21-8-9-33-36(21)15-20-6-7-20)27-24-14-32-34-25(24)10-18(2)28(27)30/h5,8-10,14,20,22H,1,4,6-7,11-13,15-17H2,2-3H3,(H,32,34)/b23-19+. The molecule has 0 atom stereocenters. The largest absolute Gasteiger partial charge is 0.338 e. The molecule has 1 spiro atoms. The zero-order chi connectivity index (χ0) is 26.6. The normalized spacial score (nSPS) is 19.2. The number of H-pyrrole nitrogens is 1. The molecule has 3 fully saturated rings. The Morgan fingerprint density at radius 2 is 2.13 bits per heavy atom. The summed E-state index contributed by atoms with van der Waals surface area (Å²) in [5.41, 5.74) is 6.42. The monoisotopic (exact) mass is 531 g/mol. The van der Waals surface area contributed by atoms with Crippen LogP contribution in [-0.2, 0) is 17.8 Å². The third kappa shape index (κ3) is 4.25. The van der Waals surface area contributed by atoms with Gasteiger partial charge in [-0.3, -0.25) is 19.6 Å². The number of carbonyl (C=O) groups is 1. The van der Waals surface area contributed by atoms with Gasteiger partial charge in [-0.1, -0.05) is 18.2 Å². The van der Waals surface area contributed by atoms with Crippen molar-refractivity contribution in [1.29, 1.82) is 0 Å². The minimum Gasteiger partial charge on any atom is -0.338 e. The van der Waals surface area contributed by atoms with Crippen LogP contribution < -0.4 is 0 Å². The number of amides is 1. The van der Waals surface area contributed by atoms with E-state index >= 15 is 0 Å². The first kappa shape index (κ1) is 24.9. The number of benzene rings is 1. The number of likely N-dealkylation sites (tertiary alicyclic amines) is 1. The summed E-state index contributed by atoms with van der Waals surface area (Å²) in [5.74, 6) is 0.731. The second-order valence-corrected chi connectivity index (χ2v) is 11.7. The van der Waals surface area contributed by atoms with E-state index in [-0.39, 0.29) is 17.4 Å². The van der Waals surface area contributed by atoms with E-state index in [0.29, 0.717) is 6.42 Å². The lowest BCUT2D eigenvalue weighted by Crippen LogP contribution is -2.66. The summed E-state index contributed by atoms with van der Waals surface area (Å²) in [4.78, 5) is 13.8. The molecule has 0 unspecified atom stereocenters. The van der Waals surface area contributed by atoms with Gasteiger partial charge in [-0.15, -0.1) is 0 Å². The van der Waals surface area contributed by atoms with Gasteiger partial charge in [0.15, 0.2) is 0 Å². The number of halogens is 1. The highest BCUT2D eigenvalue weighted by Gasteiger charge is 2.55. The number of aryl methyl sites for hydroxylation is 1. The van der Waals surface area contributed by atoms with Crippen molar-refractivity contribution in [1.82, 2.24) is 29.9 Å². The van der Waals surface area contributed by atoms with Crippen molar-refractivity contribution in [3.05, 3.63) is 64.7 Å². The molecule has 1 aliphatic heterocycles. The molecule has 3 aliphatic rings. The fourth-order valence-electron chi connectivity index (χ4n) is 6.35. The predicted molar refractivity (Wildman–Crippen MR) is 151 cm³/mol. The number of carbonyl (C=O) groups excluding carboxylic acids is 1. The van der Waals surface area contributed by atoms with E-state index in [1.165, 1.54) is 18.9 Å². The van der Waals surface area contributed by atoms with Crippen LogP contribution in [0.5, 0.6) is 0 Å². The average molecular weight is 532 g/mol. The summed E-state index contributed by atoms with van der Waals surface area (Å²) in [7, 11) is 0. The van der Waals surface area contributed by atoms with Crippen LogP contribution in [0.2, 0.25) is 5.02 Å². The molecular formula is C29H34ClN7O. The van der Waals surface area contributed by atoms with Gasteiger partial charge < -0.3 is 4.90 Å². The lowest BCUT2D eigenvalue weighted by molar-refractivity contribution is -0.150. The molecular weight excluding hydrogens is 498 g/mol. The van der Waals surface area contributed by atoms with Crippen molar-refractivity contribution in [3.8, 4) is 0 Å². The summed E-state index contributed by atoms with van der Waals surface area (Å²) < 4.78 is 2.14. The summed E-state index contributed by atoms with van der Waals surface area (Å²) in [6, 6.07) is 4.38. The van der Waals surface area contributed by atoms with E-state index in [2.05, 4.69) is 56.4 Å². The Morgan fingerprint density at radius 3 is 2.82 bits per heavy atom. The van der Waals surface area contributed by atoms with Crippen molar-refractivity contribution in [2.75, 3.05) is 13.1 Å². The number of hydrazone groups is 1. The van der Waals surface area contributed by atoms with Crippen molar-refractivity contribution in [2.45, 2.75) is 58.5 Å². The first-order chi connectivity index (χ1) is 18.3. The predicted octanol–water partition coefficient (Wildman–Crippen LogP) is 5.20. The minimum atomic E-state index is 0.0113. The fraction of sp³-hybridized carbons (Fsp3) is 0.448. The maximum Gasteiger partial charge on any atom is 0.245 e. The molecule has 0 bridgehead atoms. The molecule has 8 nitrogen and oxygen atoms in total. The lowest BCUT2D eigenvalue weighted by Gasteiger charge is -2.60. The smallest absolute Gasteiger partial charge is 0.245 e. The minimum absolute atomic E-state index is 0.0113. The summed E-state index contributed by atoms with van der Waals surface area (Å²) in [6.45, 7) is 14.2. The average Bonchev–Trinajstić information content (AvgIpc) is 3.37. The molecule has 1 amide bonds. The lowest BCUT2D eigenvalue weighted by atomic mass is 9.60. The van der Waals surface area contributed by atoms with E-state index in [4.69, 9.17) is 11.6 Å². The van der Waals surface area contributed by atoms with Crippen molar-refractivity contribution in [2.24, 2.45) is 16.4 Å². The van der Waals surface area contributed by atoms with Crippen molar-refractivity contribution in [3.63, 3.8) is 0 Å². The van der Waals surface area contributed by atoms with E-state index in [1.807, 2.05) is 30.3 Å². The van der Waals surface area contributed by atoms with Gasteiger partial charge in [0, 0.05) is 66.7 Å². The second-order valence-electron chi connectivity index (χ2n) is 11.3. The number of nitrogens with zero attached hydrogens (tertiary/aromatic N) is 6. The highest BCUT2D eigenvalue weighted by atomic mass is 35.5. The van der Waals surface area contributed by atoms with Gasteiger partial charge >= 0.3 is 0 Å². The molecule has 198 valence electrons. The number of hydrogen-bond donors (Lipinski definition) is 1. The van der Waals surface area contributed by atoms with Gasteiger partial charge in [0.1, 0.15) is 0 Å². The quantitative estimate of drug-likeness (QED) is 0.234. The molecule has 2 aromatic heterocycles. The first-order valence-electron chi connectivity index (χ1n) is 13.3. The molecule has 3 aromatic rings. The molecule has 2 saturated carbocycles. The van der Waals surface area contributed by atoms with Crippen LogP contribution in [0.1, 0.15) is 49.4 Å². The molecule has 1 saturated heterocycles. The summed E-state index contributed by atoms with van der Waals surface area (Å²) in [6.07, 6.45) is 10.3. The number of nitrogens with one attached hydrogen (secondary N) is 1. The molecule has 9 heteroatoms. The molecule has 2 aliphatic carbocycles. The number of allylic oxidation sites excluding steroid dienone is 2. The maximum atomic E-state index is 12.0. The Morgan fingerprint density at radius 1 is 1.37 bits per heavy atom. The fourth-order valence-corrected chi connectivity index (χ4v) is 6.62. The highest BCUT2D eigenvalue weighted by Crippen LogP contribution is 2.51. The maximum absolute atomic E-state index is 12.0. The van der Waals surface area contributed by atoms with Crippen LogP contribution >= 0.6 is 11.6 Å². The Kier molecular flexibility index (Phi) is 6.17. The summed E-state index contributed by atoms with van der Waals surface area (Å²) >= 11 is 7.05. The van der Waals surface area contributed by atoms with Crippen LogP contribution in [0.3, 0.4) is 0 Å². The Hall–Kier alpha value is -3.39. The van der Waals surface area contributed by atoms with Crippen molar-refractivity contribution < 1.29 is 4.79 Å². The number of rotatable bonds is 9. The van der Waals surface area contributed by atoms with Crippen LogP contribution in [0.4, 0.5) is 0 Å². The topological polar surface area (TPSA) is 82.4 Å². The SMILES string of the molecule is C=CC(=O)N1CC2(CC(N(N=C)/C(C)=C(\Cc3ccnn3CC3CC3)c3c(Cl)c(C)cc4[nH]ncc34)C2)C1. The van der Waals surface area contributed by atoms with Gasteiger partial charge in [-0.05, 0) is 74.8 Å².